The van der Waals surface area contributed by atoms with Gasteiger partial charge in [0.2, 0.25) is 0 Å². The summed E-state index contributed by atoms with van der Waals surface area (Å²) in [4.78, 5) is 0. The van der Waals surface area contributed by atoms with Crippen molar-refractivity contribution in [1.82, 2.24) is 0 Å². The van der Waals surface area contributed by atoms with Crippen molar-refractivity contribution >= 4 is 0 Å². The van der Waals surface area contributed by atoms with Crippen LogP contribution in [0, 0.1) is 11.6 Å². The van der Waals surface area contributed by atoms with E-state index in [0.717, 1.165) is 18.4 Å². The summed E-state index contributed by atoms with van der Waals surface area (Å²) in [5.74, 6) is -4.29. The van der Waals surface area contributed by atoms with Gasteiger partial charge in [0.15, 0.2) is 0 Å². The zero-order chi connectivity index (χ0) is 20.2. The van der Waals surface area contributed by atoms with E-state index in [2.05, 4.69) is 4.74 Å². The molecule has 2 aromatic carbocycles. The topological polar surface area (TPSA) is 18.5 Å². The molecule has 2 rings (SSSR count). The minimum atomic E-state index is -5.78. The molecule has 0 aromatic heterocycles. The highest BCUT2D eigenvalue weighted by molar-refractivity contribution is 5.33. The third-order valence-corrected chi connectivity index (χ3v) is 3.52. The largest absolute Gasteiger partial charge is 0.527 e. The first kappa shape index (κ1) is 21.0. The normalized spacial score (nSPS) is 12.3. The molecule has 9 heteroatoms. The van der Waals surface area contributed by atoms with E-state index in [9.17, 15) is 30.7 Å². The maximum absolute atomic E-state index is 13.8. The van der Waals surface area contributed by atoms with Gasteiger partial charge in [-0.25, -0.2) is 13.5 Å². The lowest BCUT2D eigenvalue weighted by Gasteiger charge is -2.20. The molecule has 0 amide bonds. The van der Waals surface area contributed by atoms with Gasteiger partial charge in [-0.2, -0.15) is 8.78 Å². The molecule has 0 N–H and O–H groups in total. The van der Waals surface area contributed by atoms with E-state index in [1.165, 1.54) is 0 Å². The van der Waals surface area contributed by atoms with Crippen LogP contribution < -0.4 is 4.74 Å². The number of halogens is 7. The van der Waals surface area contributed by atoms with Crippen molar-refractivity contribution in [2.75, 3.05) is 0 Å². The van der Waals surface area contributed by atoms with Crippen LogP contribution in [0.3, 0.4) is 0 Å². The lowest BCUT2D eigenvalue weighted by Crippen LogP contribution is -2.29. The van der Waals surface area contributed by atoms with Crippen LogP contribution >= 0.6 is 0 Å². The molecule has 0 heterocycles. The van der Waals surface area contributed by atoms with Gasteiger partial charge in [0, 0.05) is 12.1 Å². The Hall–Kier alpha value is -2.29. The fraction of sp³-hybridized carbons (Fsp3) is 0.333. The van der Waals surface area contributed by atoms with E-state index in [-0.39, 0.29) is 6.61 Å². The summed E-state index contributed by atoms with van der Waals surface area (Å²) >= 11 is 0. The highest BCUT2D eigenvalue weighted by atomic mass is 19.4. The zero-order valence-corrected chi connectivity index (χ0v) is 14.0. The second kappa shape index (κ2) is 8.16. The average molecular weight is 396 g/mol. The molecule has 0 saturated heterocycles. The molecule has 0 bridgehead atoms. The first-order valence-corrected chi connectivity index (χ1v) is 7.86. The molecule has 148 valence electrons. The van der Waals surface area contributed by atoms with E-state index in [1.54, 1.807) is 12.1 Å². The molecule has 0 fully saturated rings. The van der Waals surface area contributed by atoms with Gasteiger partial charge in [-0.1, -0.05) is 37.6 Å². The van der Waals surface area contributed by atoms with Gasteiger partial charge in [-0.15, -0.1) is 13.2 Å². The number of hydrogen-bond donors (Lipinski definition) is 0. The number of aryl methyl sites for hydroxylation is 1. The summed E-state index contributed by atoms with van der Waals surface area (Å²) in [5.41, 5.74) is -0.392. The Morgan fingerprint density at radius 2 is 1.37 bits per heavy atom. The summed E-state index contributed by atoms with van der Waals surface area (Å²) in [7, 11) is 0. The fourth-order valence-corrected chi connectivity index (χ4v) is 2.37. The number of hydrogen-bond acceptors (Lipinski definition) is 2. The predicted octanol–water partition coefficient (Wildman–Crippen LogP) is 6.08. The third kappa shape index (κ3) is 5.85. The molecule has 0 radical (unpaired) electrons. The smallest absolute Gasteiger partial charge is 0.489 e. The van der Waals surface area contributed by atoms with Gasteiger partial charge < -0.3 is 4.74 Å². The monoisotopic (exact) mass is 396 g/mol. The predicted molar refractivity (Wildman–Crippen MR) is 82.2 cm³/mol. The lowest BCUT2D eigenvalue weighted by atomic mass is 10.1. The Labute approximate surface area is 150 Å². The van der Waals surface area contributed by atoms with Crippen LogP contribution in [0.4, 0.5) is 30.7 Å². The molecular formula is C18H15F7O2. The van der Waals surface area contributed by atoms with Crippen molar-refractivity contribution < 1.29 is 40.2 Å². The Morgan fingerprint density at radius 3 is 1.85 bits per heavy atom. The summed E-state index contributed by atoms with van der Waals surface area (Å²) in [6.45, 7) is 1.91. The molecule has 27 heavy (non-hydrogen) atoms. The molecular weight excluding hydrogens is 381 g/mol. The third-order valence-electron chi connectivity index (χ3n) is 3.52. The maximum Gasteiger partial charge on any atom is 0.527 e. The van der Waals surface area contributed by atoms with Gasteiger partial charge in [0.25, 0.3) is 0 Å². The van der Waals surface area contributed by atoms with Crippen molar-refractivity contribution in [3.63, 3.8) is 0 Å². The van der Waals surface area contributed by atoms with E-state index >= 15 is 0 Å². The highest BCUT2D eigenvalue weighted by Crippen LogP contribution is 2.39. The van der Waals surface area contributed by atoms with Crippen LogP contribution in [0.15, 0.2) is 36.4 Å². The Morgan fingerprint density at radius 1 is 0.852 bits per heavy atom. The standard InChI is InChI=1S/C18H15F7O2/c1-2-3-11-4-6-12(7-5-11)10-26-13-8-14(19)16(15(20)9-13)17(21,22)27-18(23,24)25/h4-9H,2-3,10H2,1H3. The second-order valence-corrected chi connectivity index (χ2v) is 5.68. The number of ether oxygens (including phenoxy) is 2. The quantitative estimate of drug-likeness (QED) is 0.528. The minimum Gasteiger partial charge on any atom is -0.489 e. The van der Waals surface area contributed by atoms with E-state index in [4.69, 9.17) is 4.74 Å². The molecule has 0 aliphatic carbocycles. The minimum absolute atomic E-state index is 0.111. The van der Waals surface area contributed by atoms with Crippen LogP contribution in [0.25, 0.3) is 0 Å². The Bertz CT molecular complexity index is 747. The lowest BCUT2D eigenvalue weighted by molar-refractivity contribution is -0.432. The van der Waals surface area contributed by atoms with Crippen molar-refractivity contribution in [1.29, 1.82) is 0 Å². The molecule has 2 aromatic rings. The van der Waals surface area contributed by atoms with Gasteiger partial charge in [0.1, 0.15) is 29.6 Å². The molecule has 0 saturated carbocycles. The van der Waals surface area contributed by atoms with E-state index in [0.29, 0.717) is 17.7 Å². The van der Waals surface area contributed by atoms with E-state index in [1.807, 2.05) is 19.1 Å². The second-order valence-electron chi connectivity index (χ2n) is 5.68. The molecule has 0 spiro atoms. The Balaban J connectivity index is 2.14. The van der Waals surface area contributed by atoms with Crippen molar-refractivity contribution in [2.45, 2.75) is 38.8 Å². The first-order valence-electron chi connectivity index (χ1n) is 7.86. The molecule has 0 atom stereocenters. The number of benzene rings is 2. The Kier molecular flexibility index (Phi) is 6.35. The van der Waals surface area contributed by atoms with Crippen molar-refractivity contribution in [3.05, 3.63) is 64.7 Å². The van der Waals surface area contributed by atoms with Gasteiger partial charge in [0.05, 0.1) is 0 Å². The molecule has 0 aliphatic rings. The van der Waals surface area contributed by atoms with Gasteiger partial charge in [-0.05, 0) is 17.5 Å². The molecule has 0 unspecified atom stereocenters. The molecule has 0 aliphatic heterocycles. The fourth-order valence-electron chi connectivity index (χ4n) is 2.37. The van der Waals surface area contributed by atoms with Crippen LogP contribution in [0.1, 0.15) is 30.0 Å². The van der Waals surface area contributed by atoms with Gasteiger partial charge >= 0.3 is 12.5 Å². The molecule has 2 nitrogen and oxygen atoms in total. The highest BCUT2D eigenvalue weighted by Gasteiger charge is 2.49. The van der Waals surface area contributed by atoms with E-state index < -0.39 is 35.4 Å². The summed E-state index contributed by atoms with van der Waals surface area (Å²) in [6, 6.07) is 7.91. The van der Waals surface area contributed by atoms with Crippen LogP contribution in [-0.4, -0.2) is 6.36 Å². The summed E-state index contributed by atoms with van der Waals surface area (Å²) in [5, 5.41) is 0. The van der Waals surface area contributed by atoms with Crippen LogP contribution in [0.2, 0.25) is 0 Å². The van der Waals surface area contributed by atoms with Crippen LogP contribution in [0.5, 0.6) is 5.75 Å². The van der Waals surface area contributed by atoms with Crippen molar-refractivity contribution in [2.24, 2.45) is 0 Å². The SMILES string of the molecule is CCCc1ccc(COc2cc(F)c(C(F)(F)OC(F)(F)F)c(F)c2)cc1. The van der Waals surface area contributed by atoms with Crippen LogP contribution in [-0.2, 0) is 23.9 Å². The summed E-state index contributed by atoms with van der Waals surface area (Å²) < 4.78 is 98.0. The average Bonchev–Trinajstić information content (AvgIpc) is 2.51. The van der Waals surface area contributed by atoms with Gasteiger partial charge in [-0.3, -0.25) is 0 Å². The maximum atomic E-state index is 13.8. The summed E-state index contributed by atoms with van der Waals surface area (Å²) in [6.07, 6.45) is -9.15. The number of rotatable bonds is 7. The number of alkyl halides is 5. The van der Waals surface area contributed by atoms with Crippen molar-refractivity contribution in [3.8, 4) is 5.75 Å². The first-order chi connectivity index (χ1) is 12.5. The zero-order valence-electron chi connectivity index (χ0n) is 14.0.